The highest BCUT2D eigenvalue weighted by Crippen LogP contribution is 2.34. The zero-order valence-electron chi connectivity index (χ0n) is 18.4. The molecule has 0 radical (unpaired) electrons. The van der Waals surface area contributed by atoms with Gasteiger partial charge in [-0.15, -0.1) is 0 Å². The third kappa shape index (κ3) is 6.80. The molecule has 1 aromatic carbocycles. The van der Waals surface area contributed by atoms with Crippen LogP contribution in [0.1, 0.15) is 69.1 Å². The van der Waals surface area contributed by atoms with Crippen molar-refractivity contribution in [3.63, 3.8) is 0 Å². The molecule has 0 atom stereocenters. The van der Waals surface area contributed by atoms with Crippen molar-refractivity contribution in [3.8, 4) is 5.75 Å². The quantitative estimate of drug-likeness (QED) is 0.469. The number of aryl methyl sites for hydroxylation is 2. The number of amides is 2. The van der Waals surface area contributed by atoms with Gasteiger partial charge in [-0.05, 0) is 37.5 Å². The van der Waals surface area contributed by atoms with E-state index in [1.165, 1.54) is 6.92 Å². The number of rotatable bonds is 9. The lowest BCUT2D eigenvalue weighted by Gasteiger charge is -2.30. The monoisotopic (exact) mass is 428 g/mol. The van der Waals surface area contributed by atoms with Crippen LogP contribution in [-0.4, -0.2) is 35.1 Å². The molecule has 2 aromatic rings. The molecule has 0 spiro atoms. The number of nitrogens with one attached hydrogen (secondary N) is 2. The van der Waals surface area contributed by atoms with E-state index >= 15 is 0 Å². The molecule has 0 aliphatic heterocycles. The molecule has 1 aliphatic rings. The second-order valence-electron chi connectivity index (χ2n) is 8.20. The van der Waals surface area contributed by atoms with Gasteiger partial charge in [0.2, 0.25) is 17.7 Å². The van der Waals surface area contributed by atoms with Crippen LogP contribution >= 0.6 is 0 Å². The van der Waals surface area contributed by atoms with Crippen LogP contribution in [0.25, 0.3) is 0 Å². The molecule has 1 saturated carbocycles. The van der Waals surface area contributed by atoms with Crippen LogP contribution in [0, 0.1) is 6.92 Å². The summed E-state index contributed by atoms with van der Waals surface area (Å²) < 4.78 is 11.0. The predicted octanol–water partition coefficient (Wildman–Crippen LogP) is 3.19. The molecule has 8 nitrogen and oxygen atoms in total. The fraction of sp³-hybridized carbons (Fsp3) is 0.565. The van der Waals surface area contributed by atoms with Crippen LogP contribution in [0.3, 0.4) is 0 Å². The molecule has 1 aromatic heterocycles. The lowest BCUT2D eigenvalue weighted by atomic mass is 9.89. The SMILES string of the molecule is CC(=O)NC1(c2noc(CCC(=O)NCCOc3cccc(C)c3)n2)CCCCCC1. The minimum absolute atomic E-state index is 0.0968. The summed E-state index contributed by atoms with van der Waals surface area (Å²) >= 11 is 0. The normalized spacial score (nSPS) is 15.7. The first kappa shape index (κ1) is 22.8. The third-order valence-corrected chi connectivity index (χ3v) is 5.52. The van der Waals surface area contributed by atoms with E-state index in [0.29, 0.717) is 31.3 Å². The second-order valence-corrected chi connectivity index (χ2v) is 8.20. The fourth-order valence-electron chi connectivity index (χ4n) is 4.00. The van der Waals surface area contributed by atoms with Gasteiger partial charge in [0.05, 0.1) is 6.54 Å². The Balaban J connectivity index is 1.46. The van der Waals surface area contributed by atoms with Crippen molar-refractivity contribution in [1.82, 2.24) is 20.8 Å². The summed E-state index contributed by atoms with van der Waals surface area (Å²) in [7, 11) is 0. The molecule has 168 valence electrons. The third-order valence-electron chi connectivity index (χ3n) is 5.52. The van der Waals surface area contributed by atoms with Gasteiger partial charge in [-0.2, -0.15) is 4.98 Å². The van der Waals surface area contributed by atoms with Gasteiger partial charge in [0, 0.05) is 19.8 Å². The van der Waals surface area contributed by atoms with Gasteiger partial charge >= 0.3 is 0 Å². The lowest BCUT2D eigenvalue weighted by molar-refractivity contribution is -0.122. The van der Waals surface area contributed by atoms with E-state index in [2.05, 4.69) is 20.8 Å². The minimum atomic E-state index is -0.570. The van der Waals surface area contributed by atoms with Gasteiger partial charge < -0.3 is 19.9 Å². The first-order valence-electron chi connectivity index (χ1n) is 11.0. The van der Waals surface area contributed by atoms with Gasteiger partial charge in [0.25, 0.3) is 0 Å². The Morgan fingerprint density at radius 1 is 1.19 bits per heavy atom. The zero-order valence-corrected chi connectivity index (χ0v) is 18.4. The molecule has 0 saturated heterocycles. The van der Waals surface area contributed by atoms with Gasteiger partial charge in [0.1, 0.15) is 17.9 Å². The maximum atomic E-state index is 12.1. The zero-order chi connectivity index (χ0) is 22.1. The van der Waals surface area contributed by atoms with Crippen LogP contribution in [-0.2, 0) is 21.5 Å². The van der Waals surface area contributed by atoms with E-state index in [9.17, 15) is 9.59 Å². The number of nitrogens with zero attached hydrogens (tertiary/aromatic N) is 2. The van der Waals surface area contributed by atoms with E-state index in [4.69, 9.17) is 9.26 Å². The number of carbonyl (C=O) groups is 2. The molecular formula is C23H32N4O4. The number of hydrogen-bond acceptors (Lipinski definition) is 6. The Kier molecular flexibility index (Phi) is 8.03. The van der Waals surface area contributed by atoms with Gasteiger partial charge in [-0.3, -0.25) is 9.59 Å². The molecule has 31 heavy (non-hydrogen) atoms. The van der Waals surface area contributed by atoms with Gasteiger partial charge in [0.15, 0.2) is 5.82 Å². The average molecular weight is 429 g/mol. The molecular weight excluding hydrogens is 396 g/mol. The Labute approximate surface area is 183 Å². The van der Waals surface area contributed by atoms with E-state index in [1.54, 1.807) is 0 Å². The Bertz CT molecular complexity index is 872. The summed E-state index contributed by atoms with van der Waals surface area (Å²) in [4.78, 5) is 28.4. The minimum Gasteiger partial charge on any atom is -0.492 e. The second kappa shape index (κ2) is 10.9. The number of aromatic nitrogens is 2. The molecule has 1 aliphatic carbocycles. The molecule has 8 heteroatoms. The number of benzene rings is 1. The van der Waals surface area contributed by atoms with Crippen molar-refractivity contribution in [1.29, 1.82) is 0 Å². The summed E-state index contributed by atoms with van der Waals surface area (Å²) in [5.74, 6) is 1.53. The molecule has 0 bridgehead atoms. The largest absolute Gasteiger partial charge is 0.492 e. The van der Waals surface area contributed by atoms with Crippen LogP contribution in [0.5, 0.6) is 5.75 Å². The van der Waals surface area contributed by atoms with Crippen LogP contribution < -0.4 is 15.4 Å². The highest BCUT2D eigenvalue weighted by Gasteiger charge is 2.38. The molecule has 3 rings (SSSR count). The van der Waals surface area contributed by atoms with Gasteiger partial charge in [-0.1, -0.05) is 43.0 Å². The molecule has 1 heterocycles. The summed E-state index contributed by atoms with van der Waals surface area (Å²) in [6, 6.07) is 7.79. The summed E-state index contributed by atoms with van der Waals surface area (Å²) in [6.07, 6.45) is 6.50. The topological polar surface area (TPSA) is 106 Å². The van der Waals surface area contributed by atoms with Crippen molar-refractivity contribution in [3.05, 3.63) is 41.5 Å². The fourth-order valence-corrected chi connectivity index (χ4v) is 4.00. The molecule has 0 unspecified atom stereocenters. The van der Waals surface area contributed by atoms with E-state index in [0.717, 1.165) is 49.8 Å². The highest BCUT2D eigenvalue weighted by molar-refractivity contribution is 5.76. The van der Waals surface area contributed by atoms with Crippen molar-refractivity contribution >= 4 is 11.8 Å². The van der Waals surface area contributed by atoms with Crippen molar-refractivity contribution < 1.29 is 18.8 Å². The standard InChI is InChI=1S/C23H32N4O4/c1-17-8-7-9-19(16-17)30-15-14-24-20(29)10-11-21-25-22(27-31-21)23(26-18(2)28)12-5-3-4-6-13-23/h7-9,16H,3-6,10-15H2,1-2H3,(H,24,29)(H,26,28). The van der Waals surface area contributed by atoms with Crippen LogP contribution in [0.2, 0.25) is 0 Å². The number of ether oxygens (including phenoxy) is 1. The van der Waals surface area contributed by atoms with Crippen LogP contribution in [0.4, 0.5) is 0 Å². The maximum absolute atomic E-state index is 12.1. The van der Waals surface area contributed by atoms with E-state index in [1.807, 2.05) is 31.2 Å². The molecule has 2 amide bonds. The maximum Gasteiger partial charge on any atom is 0.227 e. The van der Waals surface area contributed by atoms with Crippen molar-refractivity contribution in [2.75, 3.05) is 13.2 Å². The Morgan fingerprint density at radius 2 is 1.97 bits per heavy atom. The van der Waals surface area contributed by atoms with Crippen LogP contribution in [0.15, 0.2) is 28.8 Å². The first-order valence-corrected chi connectivity index (χ1v) is 11.0. The summed E-state index contributed by atoms with van der Waals surface area (Å²) in [6.45, 7) is 4.35. The smallest absolute Gasteiger partial charge is 0.227 e. The average Bonchev–Trinajstić information content (AvgIpc) is 3.10. The van der Waals surface area contributed by atoms with Crippen molar-refractivity contribution in [2.24, 2.45) is 0 Å². The summed E-state index contributed by atoms with van der Waals surface area (Å²) in [5.41, 5.74) is 0.559. The van der Waals surface area contributed by atoms with Gasteiger partial charge in [-0.25, -0.2) is 0 Å². The molecule has 1 fully saturated rings. The van der Waals surface area contributed by atoms with Crippen molar-refractivity contribution in [2.45, 2.75) is 70.8 Å². The predicted molar refractivity (Wildman–Crippen MR) is 115 cm³/mol. The summed E-state index contributed by atoms with van der Waals surface area (Å²) in [5, 5.41) is 10.1. The van der Waals surface area contributed by atoms with E-state index in [-0.39, 0.29) is 18.2 Å². The number of hydrogen-bond donors (Lipinski definition) is 2. The Morgan fingerprint density at radius 3 is 2.68 bits per heavy atom. The number of carbonyl (C=O) groups excluding carboxylic acids is 2. The lowest BCUT2D eigenvalue weighted by Crippen LogP contribution is -2.45. The first-order chi connectivity index (χ1) is 15.0. The molecule has 2 N–H and O–H groups in total. The Hall–Kier alpha value is -2.90. The van der Waals surface area contributed by atoms with E-state index < -0.39 is 5.54 Å². The highest BCUT2D eigenvalue weighted by atomic mass is 16.5.